The average molecular weight is 603 g/mol. The van der Waals surface area contributed by atoms with Crippen molar-refractivity contribution in [3.8, 4) is 28.0 Å². The van der Waals surface area contributed by atoms with Gasteiger partial charge in [0.2, 0.25) is 18.0 Å². The maximum absolute atomic E-state index is 15.5. The zero-order valence-corrected chi connectivity index (χ0v) is 25.2. The molecule has 11 nitrogen and oxygen atoms in total. The highest BCUT2D eigenvalue weighted by molar-refractivity contribution is 6.67. The molecule has 2 heterocycles. The lowest BCUT2D eigenvalue weighted by Crippen LogP contribution is -2.55. The molecule has 12 heteroatoms. The monoisotopic (exact) mass is 602 g/mol. The number of ether oxygens (including phenoxy) is 1. The number of hydrogen-bond donors (Lipinski definition) is 4. The molecule has 0 aliphatic carbocycles. The van der Waals surface area contributed by atoms with Gasteiger partial charge in [0.25, 0.3) is 11.8 Å². The molecule has 3 aromatic rings. The quantitative estimate of drug-likeness (QED) is 0.311. The zero-order valence-electron chi connectivity index (χ0n) is 25.2. The fourth-order valence-electron chi connectivity index (χ4n) is 5.52. The van der Waals surface area contributed by atoms with Crippen molar-refractivity contribution in [3.05, 3.63) is 71.0 Å². The maximum Gasteiger partial charge on any atom is 0.283 e. The van der Waals surface area contributed by atoms with Crippen LogP contribution in [0.15, 0.2) is 53.6 Å². The summed E-state index contributed by atoms with van der Waals surface area (Å²) in [6.45, 7) is 4.53. The lowest BCUT2D eigenvalue weighted by atomic mass is 9.90. The van der Waals surface area contributed by atoms with Gasteiger partial charge < -0.3 is 25.8 Å². The molecule has 2 atom stereocenters. The Labute approximate surface area is 254 Å². The van der Waals surface area contributed by atoms with Crippen molar-refractivity contribution < 1.29 is 28.6 Å². The topological polar surface area (TPSA) is 136 Å². The van der Waals surface area contributed by atoms with E-state index in [9.17, 15) is 19.5 Å². The van der Waals surface area contributed by atoms with Crippen LogP contribution in [-0.2, 0) is 20.9 Å². The van der Waals surface area contributed by atoms with Crippen molar-refractivity contribution >= 4 is 29.1 Å². The normalized spacial score (nSPS) is 18.3. The molecule has 2 aliphatic rings. The number of anilines is 1. The minimum absolute atomic E-state index is 0.0288. The highest BCUT2D eigenvalue weighted by Gasteiger charge is 2.34. The second-order valence-electron chi connectivity index (χ2n) is 10.9. The minimum Gasteiger partial charge on any atom is -0.496 e. The van der Waals surface area contributed by atoms with E-state index in [4.69, 9.17) is 4.74 Å². The summed E-state index contributed by atoms with van der Waals surface area (Å²) < 4.78 is 21.1. The summed E-state index contributed by atoms with van der Waals surface area (Å²) in [5.74, 6) is -1.43. The number of hydrazone groups is 1. The number of benzene rings is 3. The Hall–Kier alpha value is -4.81. The van der Waals surface area contributed by atoms with Crippen LogP contribution in [0.5, 0.6) is 5.75 Å². The molecule has 0 radical (unpaired) electrons. The summed E-state index contributed by atoms with van der Waals surface area (Å²) in [5, 5.41) is 23.9. The van der Waals surface area contributed by atoms with E-state index in [1.165, 1.54) is 27.3 Å². The van der Waals surface area contributed by atoms with Crippen molar-refractivity contribution in [1.82, 2.24) is 20.5 Å². The first-order chi connectivity index (χ1) is 21.0. The Bertz CT molecular complexity index is 1680. The Morgan fingerprint density at radius 2 is 1.77 bits per heavy atom. The standard InChI is InChI=1S/C32H35FN6O5/c1-17-21(19-12-25(33)24(27(13-19)44-5)16-34-20-14-28(40)35-15-20)8-6-9-22(17)23-10-7-11-26(18(23)2)36-30(41)29-31(42)38(3)32(43)39(4)37-29/h6-13,20,32,34,43H,14-16H2,1-5H3,(H,35,40)(H,36,41)/t20-,32?/m0/s1. The molecule has 1 unspecified atom stereocenters. The Balaban J connectivity index is 1.43. The van der Waals surface area contributed by atoms with E-state index in [0.29, 0.717) is 35.5 Å². The number of nitrogens with zero attached hydrogens (tertiary/aromatic N) is 3. The Morgan fingerprint density at radius 3 is 2.45 bits per heavy atom. The molecule has 5 rings (SSSR count). The second kappa shape index (κ2) is 12.4. The second-order valence-corrected chi connectivity index (χ2v) is 10.9. The molecular formula is C32H35FN6O5. The number of aliphatic hydroxyl groups excluding tert-OH is 1. The van der Waals surface area contributed by atoms with Crippen LogP contribution in [0.4, 0.5) is 10.1 Å². The SMILES string of the molecule is COc1cc(-c2cccc(-c3cccc(NC(=O)C4=NN(C)C(O)N(C)C4=O)c3C)c2C)cc(F)c1CN[C@@H]1CNC(=O)C1. The van der Waals surface area contributed by atoms with Gasteiger partial charge in [-0.25, -0.2) is 4.39 Å². The van der Waals surface area contributed by atoms with Gasteiger partial charge in [-0.05, 0) is 65.4 Å². The minimum atomic E-state index is -1.26. The highest BCUT2D eigenvalue weighted by atomic mass is 19.1. The van der Waals surface area contributed by atoms with E-state index >= 15 is 4.39 Å². The number of carbonyl (C=O) groups is 3. The van der Waals surface area contributed by atoms with E-state index < -0.39 is 24.0 Å². The summed E-state index contributed by atoms with van der Waals surface area (Å²) >= 11 is 0. The van der Waals surface area contributed by atoms with Crippen molar-refractivity contribution in [2.24, 2.45) is 5.10 Å². The van der Waals surface area contributed by atoms with Crippen LogP contribution >= 0.6 is 0 Å². The lowest BCUT2D eigenvalue weighted by Gasteiger charge is -2.33. The maximum atomic E-state index is 15.5. The Morgan fingerprint density at radius 1 is 1.09 bits per heavy atom. The van der Waals surface area contributed by atoms with Crippen molar-refractivity contribution in [2.75, 3.05) is 33.1 Å². The molecule has 1 saturated heterocycles. The van der Waals surface area contributed by atoms with E-state index in [0.717, 1.165) is 37.7 Å². The third-order valence-corrected chi connectivity index (χ3v) is 8.11. The van der Waals surface area contributed by atoms with Crippen molar-refractivity contribution in [1.29, 1.82) is 0 Å². The summed E-state index contributed by atoms with van der Waals surface area (Å²) in [7, 11) is 4.35. The van der Waals surface area contributed by atoms with E-state index in [1.807, 2.05) is 38.1 Å². The first-order valence-corrected chi connectivity index (χ1v) is 14.1. The van der Waals surface area contributed by atoms with Crippen molar-refractivity contribution in [2.45, 2.75) is 39.2 Å². The molecule has 0 spiro atoms. The number of carbonyl (C=O) groups excluding carboxylic acids is 3. The van der Waals surface area contributed by atoms with Crippen LogP contribution in [0.3, 0.4) is 0 Å². The average Bonchev–Trinajstić information content (AvgIpc) is 3.43. The van der Waals surface area contributed by atoms with Crippen LogP contribution in [0.1, 0.15) is 23.1 Å². The lowest BCUT2D eigenvalue weighted by molar-refractivity contribution is -0.149. The van der Waals surface area contributed by atoms with Gasteiger partial charge in [0.1, 0.15) is 11.6 Å². The largest absolute Gasteiger partial charge is 0.496 e. The fourth-order valence-corrected chi connectivity index (χ4v) is 5.52. The molecule has 0 saturated carbocycles. The van der Waals surface area contributed by atoms with E-state index in [1.54, 1.807) is 18.2 Å². The molecular weight excluding hydrogens is 567 g/mol. The molecule has 4 N–H and O–H groups in total. The van der Waals surface area contributed by atoms with E-state index in [2.05, 4.69) is 21.1 Å². The zero-order chi connectivity index (χ0) is 31.7. The smallest absolute Gasteiger partial charge is 0.283 e. The van der Waals surface area contributed by atoms with Crippen LogP contribution in [0.25, 0.3) is 22.3 Å². The molecule has 230 valence electrons. The summed E-state index contributed by atoms with van der Waals surface area (Å²) in [5.41, 5.74) is 5.38. The van der Waals surface area contributed by atoms with Crippen LogP contribution in [-0.4, -0.2) is 78.6 Å². The van der Waals surface area contributed by atoms with Gasteiger partial charge in [0.15, 0.2) is 0 Å². The van der Waals surface area contributed by atoms with Crippen molar-refractivity contribution in [3.63, 3.8) is 0 Å². The van der Waals surface area contributed by atoms with Gasteiger partial charge in [0, 0.05) is 50.9 Å². The Kier molecular flexibility index (Phi) is 8.66. The van der Waals surface area contributed by atoms with Gasteiger partial charge in [0.05, 0.1) is 7.11 Å². The first-order valence-electron chi connectivity index (χ1n) is 14.1. The summed E-state index contributed by atoms with van der Waals surface area (Å²) in [4.78, 5) is 38.2. The van der Waals surface area contributed by atoms with Gasteiger partial charge in [-0.2, -0.15) is 5.10 Å². The summed E-state index contributed by atoms with van der Waals surface area (Å²) in [6.07, 6.45) is -0.911. The third kappa shape index (κ3) is 5.86. The number of rotatable bonds is 8. The third-order valence-electron chi connectivity index (χ3n) is 8.11. The number of halogens is 1. The molecule has 0 bridgehead atoms. The number of aliphatic hydroxyl groups is 1. The molecule has 2 aliphatic heterocycles. The van der Waals surface area contributed by atoms with Crippen LogP contribution in [0, 0.1) is 19.7 Å². The molecule has 3 aromatic carbocycles. The highest BCUT2D eigenvalue weighted by Crippen LogP contribution is 2.37. The number of hydrogen-bond acceptors (Lipinski definition) is 8. The predicted octanol–water partition coefficient (Wildman–Crippen LogP) is 2.74. The van der Waals surface area contributed by atoms with Gasteiger partial charge in [-0.1, -0.05) is 30.3 Å². The van der Waals surface area contributed by atoms with Gasteiger partial charge in [-0.3, -0.25) is 24.3 Å². The summed E-state index contributed by atoms with van der Waals surface area (Å²) in [6, 6.07) is 14.4. The molecule has 0 aromatic heterocycles. The van der Waals surface area contributed by atoms with Crippen LogP contribution < -0.4 is 20.7 Å². The molecule has 44 heavy (non-hydrogen) atoms. The molecule has 3 amide bonds. The number of amides is 3. The first kappa shape index (κ1) is 30.6. The molecule has 1 fully saturated rings. The van der Waals surface area contributed by atoms with Crippen LogP contribution in [0.2, 0.25) is 0 Å². The number of nitrogens with one attached hydrogen (secondary N) is 3. The predicted molar refractivity (Wildman–Crippen MR) is 164 cm³/mol. The van der Waals surface area contributed by atoms with Gasteiger partial charge in [-0.15, -0.1) is 0 Å². The van der Waals surface area contributed by atoms with E-state index in [-0.39, 0.29) is 24.2 Å². The number of methoxy groups -OCH3 is 1. The van der Waals surface area contributed by atoms with Gasteiger partial charge >= 0.3 is 0 Å². The fraction of sp³-hybridized carbons (Fsp3) is 0.312.